The summed E-state index contributed by atoms with van der Waals surface area (Å²) in [6, 6.07) is 21.7. The summed E-state index contributed by atoms with van der Waals surface area (Å²) >= 11 is 6.35. The molecule has 0 bridgehead atoms. The van der Waals surface area contributed by atoms with Gasteiger partial charge in [0.25, 0.3) is 0 Å². The summed E-state index contributed by atoms with van der Waals surface area (Å²) in [7, 11) is 2.19. The highest BCUT2D eigenvalue weighted by molar-refractivity contribution is 6.30. The van der Waals surface area contributed by atoms with Gasteiger partial charge in [0.2, 0.25) is 0 Å². The number of halogens is 1. The zero-order valence-corrected chi connectivity index (χ0v) is 25.4. The van der Waals surface area contributed by atoms with E-state index in [-0.39, 0.29) is 12.1 Å². The number of hydrogen-bond donors (Lipinski definition) is 3. The number of likely N-dealkylation sites (N-methyl/N-ethyl adjacent to an activating group) is 1. The molecule has 8 heteroatoms. The van der Waals surface area contributed by atoms with Gasteiger partial charge in [0.15, 0.2) is 0 Å². The largest absolute Gasteiger partial charge is 0.401 e. The molecule has 2 unspecified atom stereocenters. The SMILES string of the molecule is CC=C(N)CNC(CNc1ccc(N2CCN(C)CC2)cc1)c1nc(N2CCCC2c2cccc(Cl)c2)ccc1C. The second kappa shape index (κ2) is 13.6. The first-order chi connectivity index (χ1) is 19.9. The van der Waals surface area contributed by atoms with E-state index in [2.05, 4.69) is 87.8 Å². The Morgan fingerprint density at radius 1 is 1.07 bits per heavy atom. The Balaban J connectivity index is 1.33. The number of rotatable bonds is 10. The lowest BCUT2D eigenvalue weighted by Gasteiger charge is -2.34. The summed E-state index contributed by atoms with van der Waals surface area (Å²) < 4.78 is 0. The lowest BCUT2D eigenvalue weighted by Crippen LogP contribution is -2.44. The van der Waals surface area contributed by atoms with Crippen LogP contribution in [0.1, 0.15) is 48.7 Å². The fourth-order valence-electron chi connectivity index (χ4n) is 5.83. The van der Waals surface area contributed by atoms with Gasteiger partial charge in [0.05, 0.1) is 17.8 Å². The van der Waals surface area contributed by atoms with E-state index in [4.69, 9.17) is 22.3 Å². The molecule has 2 aliphatic heterocycles. The maximum atomic E-state index is 6.35. The molecule has 218 valence electrons. The van der Waals surface area contributed by atoms with Gasteiger partial charge < -0.3 is 31.1 Å². The molecule has 2 fully saturated rings. The maximum absolute atomic E-state index is 6.35. The second-order valence-corrected chi connectivity index (χ2v) is 11.7. The molecule has 5 rings (SSSR count). The van der Waals surface area contributed by atoms with Crippen molar-refractivity contribution >= 4 is 28.8 Å². The molecule has 41 heavy (non-hydrogen) atoms. The Bertz CT molecular complexity index is 1320. The number of nitrogens with two attached hydrogens (primary N) is 1. The predicted octanol–water partition coefficient (Wildman–Crippen LogP) is 5.74. The van der Waals surface area contributed by atoms with Gasteiger partial charge in [-0.1, -0.05) is 35.9 Å². The molecule has 0 aliphatic carbocycles. The van der Waals surface area contributed by atoms with Crippen LogP contribution in [0.2, 0.25) is 5.02 Å². The highest BCUT2D eigenvalue weighted by Crippen LogP contribution is 2.37. The van der Waals surface area contributed by atoms with E-state index in [0.717, 1.165) is 79.0 Å². The summed E-state index contributed by atoms with van der Waals surface area (Å²) in [4.78, 5) is 12.5. The third-order valence-corrected chi connectivity index (χ3v) is 8.64. The van der Waals surface area contributed by atoms with Crippen LogP contribution in [0.4, 0.5) is 17.2 Å². The van der Waals surface area contributed by atoms with E-state index >= 15 is 0 Å². The number of nitrogens with zero attached hydrogens (tertiary/aromatic N) is 4. The van der Waals surface area contributed by atoms with Crippen molar-refractivity contribution in [3.05, 3.63) is 94.3 Å². The molecule has 0 spiro atoms. The molecule has 0 saturated carbocycles. The Morgan fingerprint density at radius 2 is 1.85 bits per heavy atom. The molecular weight excluding hydrogens is 530 g/mol. The van der Waals surface area contributed by atoms with E-state index in [0.29, 0.717) is 13.1 Å². The molecular formula is C33H44ClN7. The molecule has 2 aromatic carbocycles. The minimum Gasteiger partial charge on any atom is -0.401 e. The van der Waals surface area contributed by atoms with Crippen LogP contribution in [0.25, 0.3) is 0 Å². The van der Waals surface area contributed by atoms with Crippen molar-refractivity contribution in [1.82, 2.24) is 15.2 Å². The second-order valence-electron chi connectivity index (χ2n) is 11.3. The summed E-state index contributed by atoms with van der Waals surface area (Å²) in [6.07, 6.45) is 4.18. The fourth-order valence-corrected chi connectivity index (χ4v) is 6.03. The maximum Gasteiger partial charge on any atom is 0.129 e. The average molecular weight is 574 g/mol. The molecule has 1 aromatic heterocycles. The molecule has 2 atom stereocenters. The Labute approximate surface area is 250 Å². The van der Waals surface area contributed by atoms with Crippen LogP contribution >= 0.6 is 11.6 Å². The van der Waals surface area contributed by atoms with Crippen molar-refractivity contribution < 1.29 is 0 Å². The van der Waals surface area contributed by atoms with Gasteiger partial charge in [-0.2, -0.15) is 0 Å². The number of piperazine rings is 1. The molecule has 0 radical (unpaired) electrons. The molecule has 3 aromatic rings. The Kier molecular flexibility index (Phi) is 9.70. The van der Waals surface area contributed by atoms with Gasteiger partial charge in [0.1, 0.15) is 5.82 Å². The van der Waals surface area contributed by atoms with Crippen LogP contribution in [0.3, 0.4) is 0 Å². The number of aromatic nitrogens is 1. The zero-order chi connectivity index (χ0) is 28.8. The van der Waals surface area contributed by atoms with Crippen molar-refractivity contribution in [2.45, 2.75) is 38.8 Å². The van der Waals surface area contributed by atoms with Gasteiger partial charge in [-0.25, -0.2) is 4.98 Å². The Morgan fingerprint density at radius 3 is 2.59 bits per heavy atom. The van der Waals surface area contributed by atoms with Crippen molar-refractivity contribution in [3.8, 4) is 0 Å². The van der Waals surface area contributed by atoms with Gasteiger partial charge in [0, 0.05) is 67.9 Å². The first kappa shape index (κ1) is 29.2. The zero-order valence-electron chi connectivity index (χ0n) is 24.6. The lowest BCUT2D eigenvalue weighted by molar-refractivity contribution is 0.313. The molecule has 0 amide bonds. The molecule has 2 saturated heterocycles. The normalized spacial score (nSPS) is 19.0. The van der Waals surface area contributed by atoms with E-state index < -0.39 is 0 Å². The minimum absolute atomic E-state index is 0.0158. The van der Waals surface area contributed by atoms with Crippen LogP contribution in [0, 0.1) is 6.92 Å². The summed E-state index contributed by atoms with van der Waals surface area (Å²) in [5, 5.41) is 8.11. The van der Waals surface area contributed by atoms with Crippen LogP contribution in [-0.2, 0) is 0 Å². The number of nitrogens with one attached hydrogen (secondary N) is 2. The summed E-state index contributed by atoms with van der Waals surface area (Å²) in [5.41, 5.74) is 12.9. The average Bonchev–Trinajstić information content (AvgIpc) is 3.48. The van der Waals surface area contributed by atoms with Crippen molar-refractivity contribution in [2.24, 2.45) is 5.73 Å². The molecule has 4 N–H and O–H groups in total. The summed E-state index contributed by atoms with van der Waals surface area (Å²) in [5.74, 6) is 1.01. The van der Waals surface area contributed by atoms with Crippen LogP contribution in [-0.4, -0.2) is 62.7 Å². The molecule has 7 nitrogen and oxygen atoms in total. The van der Waals surface area contributed by atoms with Gasteiger partial charge in [-0.05, 0) is 87.3 Å². The highest BCUT2D eigenvalue weighted by Gasteiger charge is 2.28. The van der Waals surface area contributed by atoms with E-state index in [9.17, 15) is 0 Å². The first-order valence-corrected chi connectivity index (χ1v) is 15.2. The van der Waals surface area contributed by atoms with Gasteiger partial charge >= 0.3 is 0 Å². The van der Waals surface area contributed by atoms with Crippen molar-refractivity contribution in [3.63, 3.8) is 0 Å². The number of allylic oxidation sites excluding steroid dienone is 1. The number of benzene rings is 2. The minimum atomic E-state index is -0.0158. The third-order valence-electron chi connectivity index (χ3n) is 8.40. The molecule has 3 heterocycles. The summed E-state index contributed by atoms with van der Waals surface area (Å²) in [6.45, 7) is 10.7. The van der Waals surface area contributed by atoms with Gasteiger partial charge in [-0.3, -0.25) is 0 Å². The van der Waals surface area contributed by atoms with E-state index in [1.165, 1.54) is 11.3 Å². The molecule has 2 aliphatic rings. The number of anilines is 3. The van der Waals surface area contributed by atoms with Crippen LogP contribution in [0.15, 0.2) is 72.4 Å². The lowest BCUT2D eigenvalue weighted by atomic mass is 10.0. The first-order valence-electron chi connectivity index (χ1n) is 14.8. The highest BCUT2D eigenvalue weighted by atomic mass is 35.5. The van der Waals surface area contributed by atoms with E-state index in [1.54, 1.807) is 0 Å². The Hall–Kier alpha value is -3.26. The quantitative estimate of drug-likeness (QED) is 0.285. The van der Waals surface area contributed by atoms with Crippen molar-refractivity contribution in [1.29, 1.82) is 0 Å². The fraction of sp³-hybridized carbons (Fsp3) is 0.424. The van der Waals surface area contributed by atoms with Crippen molar-refractivity contribution in [2.75, 3.05) is 68.0 Å². The standard InChI is InChI=1S/C33H44ClN7/c1-4-27(35)22-37-30(23-36-28-11-13-29(14-12-28)40-19-17-39(3)18-20-40)33-24(2)10-15-32(38-33)41-16-6-9-31(41)25-7-5-8-26(34)21-25/h4-5,7-8,10-15,21,30-31,36-37H,6,9,16-20,22-23,35H2,1-3H3. The topological polar surface area (TPSA) is 72.7 Å². The monoisotopic (exact) mass is 573 g/mol. The van der Waals surface area contributed by atoms with Crippen LogP contribution < -0.4 is 26.2 Å². The van der Waals surface area contributed by atoms with Crippen LogP contribution in [0.5, 0.6) is 0 Å². The predicted molar refractivity (Wildman–Crippen MR) is 173 cm³/mol. The number of pyridine rings is 1. The number of hydrogen-bond acceptors (Lipinski definition) is 7. The smallest absolute Gasteiger partial charge is 0.129 e. The third kappa shape index (κ3) is 7.34. The number of aryl methyl sites for hydroxylation is 1. The van der Waals surface area contributed by atoms with Gasteiger partial charge in [-0.15, -0.1) is 0 Å². The van der Waals surface area contributed by atoms with E-state index in [1.807, 2.05) is 25.1 Å².